The molecular weight excluding hydrogens is 238 g/mol. The zero-order chi connectivity index (χ0) is 12.8. The highest BCUT2D eigenvalue weighted by Gasteiger charge is 2.32. The number of allylic oxidation sites excluding steroid dienone is 5. The Balaban J connectivity index is 1.82. The van der Waals surface area contributed by atoms with Crippen LogP contribution in [0.15, 0.2) is 48.1 Å². The highest BCUT2D eigenvalue weighted by molar-refractivity contribution is 6.26. The second kappa shape index (κ2) is 3.93. The minimum absolute atomic E-state index is 0.224. The summed E-state index contributed by atoms with van der Waals surface area (Å²) in [6.45, 7) is 1.35. The van der Waals surface area contributed by atoms with E-state index in [1.54, 1.807) is 0 Å². The molecule has 94 valence electrons. The van der Waals surface area contributed by atoms with E-state index in [9.17, 15) is 0 Å². The smallest absolute Gasteiger partial charge is 0.137 e. The molecule has 4 rings (SSSR count). The summed E-state index contributed by atoms with van der Waals surface area (Å²) >= 11 is 0. The van der Waals surface area contributed by atoms with Gasteiger partial charge in [0.1, 0.15) is 18.5 Å². The minimum atomic E-state index is 0.224. The Labute approximate surface area is 111 Å². The fourth-order valence-electron chi connectivity index (χ4n) is 2.56. The molecular formula is C16H13NO2. The van der Waals surface area contributed by atoms with Crippen molar-refractivity contribution in [3.63, 3.8) is 0 Å². The quantitative estimate of drug-likeness (QED) is 0.839. The topological polar surface area (TPSA) is 45.6 Å². The fourth-order valence-corrected chi connectivity index (χ4v) is 2.56. The summed E-state index contributed by atoms with van der Waals surface area (Å²) in [5.41, 5.74) is 4.75. The molecule has 1 aromatic rings. The average molecular weight is 251 g/mol. The van der Waals surface area contributed by atoms with E-state index in [1.807, 2.05) is 24.3 Å². The lowest BCUT2D eigenvalue weighted by atomic mass is 9.96. The molecule has 1 unspecified atom stereocenters. The van der Waals surface area contributed by atoms with Gasteiger partial charge in [-0.25, -0.2) is 0 Å². The number of ether oxygens (including phenoxy) is 2. The van der Waals surface area contributed by atoms with Crippen LogP contribution in [-0.2, 0) is 9.47 Å². The predicted molar refractivity (Wildman–Crippen MR) is 73.9 cm³/mol. The molecule has 3 heteroatoms. The maximum Gasteiger partial charge on any atom is 0.137 e. The van der Waals surface area contributed by atoms with Gasteiger partial charge in [0.05, 0.1) is 17.9 Å². The van der Waals surface area contributed by atoms with E-state index < -0.39 is 0 Å². The summed E-state index contributed by atoms with van der Waals surface area (Å²) in [4.78, 5) is 0. The highest BCUT2D eigenvalue weighted by Crippen LogP contribution is 2.43. The summed E-state index contributed by atoms with van der Waals surface area (Å²) in [5, 5.41) is 8.13. The molecule has 0 spiro atoms. The van der Waals surface area contributed by atoms with Crippen LogP contribution in [0.4, 0.5) is 0 Å². The normalized spacial score (nSPS) is 23.1. The molecule has 3 nitrogen and oxygen atoms in total. The molecule has 0 saturated carbocycles. The summed E-state index contributed by atoms with van der Waals surface area (Å²) in [6, 6.07) is 8.16. The third-order valence-electron chi connectivity index (χ3n) is 3.57. The SMILES string of the molecule is N=C1C=CC=C2C1=C(OCC1CO1)c1ccccc12. The number of hydrogen-bond donors (Lipinski definition) is 1. The fraction of sp³-hybridized carbons (Fsp3) is 0.188. The van der Waals surface area contributed by atoms with Gasteiger partial charge in [-0.15, -0.1) is 0 Å². The molecule has 0 amide bonds. The Morgan fingerprint density at radius 3 is 2.84 bits per heavy atom. The van der Waals surface area contributed by atoms with E-state index >= 15 is 0 Å². The first-order valence-electron chi connectivity index (χ1n) is 6.41. The van der Waals surface area contributed by atoms with Crippen molar-refractivity contribution in [3.8, 4) is 0 Å². The van der Waals surface area contributed by atoms with Gasteiger partial charge in [0.25, 0.3) is 0 Å². The average Bonchev–Trinajstić information content (AvgIpc) is 3.20. The third-order valence-corrected chi connectivity index (χ3v) is 3.57. The predicted octanol–water partition coefficient (Wildman–Crippen LogP) is 2.80. The van der Waals surface area contributed by atoms with E-state index in [2.05, 4.69) is 18.2 Å². The maximum atomic E-state index is 8.13. The largest absolute Gasteiger partial charge is 0.489 e. The van der Waals surface area contributed by atoms with Crippen molar-refractivity contribution in [2.75, 3.05) is 13.2 Å². The molecule has 2 aliphatic carbocycles. The van der Waals surface area contributed by atoms with E-state index in [-0.39, 0.29) is 6.10 Å². The van der Waals surface area contributed by atoms with Crippen molar-refractivity contribution in [1.82, 2.24) is 0 Å². The zero-order valence-corrected chi connectivity index (χ0v) is 10.3. The van der Waals surface area contributed by atoms with Gasteiger partial charge in [-0.05, 0) is 17.2 Å². The van der Waals surface area contributed by atoms with Crippen molar-refractivity contribution in [2.45, 2.75) is 6.10 Å². The monoisotopic (exact) mass is 251 g/mol. The van der Waals surface area contributed by atoms with Gasteiger partial charge in [0.2, 0.25) is 0 Å². The number of fused-ring (bicyclic) bond motifs is 3. The zero-order valence-electron chi connectivity index (χ0n) is 10.3. The van der Waals surface area contributed by atoms with Gasteiger partial charge in [-0.2, -0.15) is 0 Å². The van der Waals surface area contributed by atoms with Crippen LogP contribution in [0.2, 0.25) is 0 Å². The van der Waals surface area contributed by atoms with Crippen molar-refractivity contribution in [1.29, 1.82) is 5.41 Å². The van der Waals surface area contributed by atoms with Gasteiger partial charge in [-0.3, -0.25) is 0 Å². The van der Waals surface area contributed by atoms with Gasteiger partial charge in [0.15, 0.2) is 0 Å². The molecule has 1 atom stereocenters. The lowest BCUT2D eigenvalue weighted by Crippen LogP contribution is -2.05. The molecule has 1 heterocycles. The molecule has 1 fully saturated rings. The van der Waals surface area contributed by atoms with Crippen LogP contribution in [0, 0.1) is 5.41 Å². The second-order valence-electron chi connectivity index (χ2n) is 4.87. The van der Waals surface area contributed by atoms with Gasteiger partial charge in [-0.1, -0.05) is 36.4 Å². The van der Waals surface area contributed by atoms with Crippen LogP contribution < -0.4 is 0 Å². The first-order chi connectivity index (χ1) is 9.34. The van der Waals surface area contributed by atoms with Gasteiger partial charge < -0.3 is 14.9 Å². The Kier molecular flexibility index (Phi) is 2.23. The molecule has 0 bridgehead atoms. The molecule has 1 aromatic carbocycles. The molecule has 3 aliphatic rings. The van der Waals surface area contributed by atoms with Gasteiger partial charge >= 0.3 is 0 Å². The number of benzene rings is 1. The molecule has 1 N–H and O–H groups in total. The summed E-state index contributed by atoms with van der Waals surface area (Å²) < 4.78 is 11.1. The summed E-state index contributed by atoms with van der Waals surface area (Å²) in [5.74, 6) is 0.826. The number of nitrogens with one attached hydrogen (secondary N) is 1. The number of hydrogen-bond acceptors (Lipinski definition) is 3. The van der Waals surface area contributed by atoms with Crippen molar-refractivity contribution in [2.24, 2.45) is 0 Å². The van der Waals surface area contributed by atoms with Crippen LogP contribution in [-0.4, -0.2) is 25.0 Å². The Bertz CT molecular complexity index is 663. The molecule has 19 heavy (non-hydrogen) atoms. The van der Waals surface area contributed by atoms with Crippen LogP contribution in [0.3, 0.4) is 0 Å². The van der Waals surface area contributed by atoms with Crippen LogP contribution in [0.25, 0.3) is 11.3 Å². The van der Waals surface area contributed by atoms with Crippen molar-refractivity contribution >= 4 is 17.0 Å². The number of epoxide rings is 1. The van der Waals surface area contributed by atoms with E-state index in [4.69, 9.17) is 14.9 Å². The molecule has 1 aliphatic heterocycles. The second-order valence-corrected chi connectivity index (χ2v) is 4.87. The molecule has 0 radical (unpaired) electrons. The van der Waals surface area contributed by atoms with E-state index in [1.165, 1.54) is 0 Å². The Morgan fingerprint density at radius 2 is 2.05 bits per heavy atom. The van der Waals surface area contributed by atoms with Crippen LogP contribution in [0.1, 0.15) is 11.1 Å². The lowest BCUT2D eigenvalue weighted by molar-refractivity contribution is 0.233. The van der Waals surface area contributed by atoms with Gasteiger partial charge in [0, 0.05) is 5.56 Å². The summed E-state index contributed by atoms with van der Waals surface area (Å²) in [7, 11) is 0. The van der Waals surface area contributed by atoms with Crippen LogP contribution >= 0.6 is 0 Å². The van der Waals surface area contributed by atoms with E-state index in [0.717, 1.165) is 34.6 Å². The lowest BCUT2D eigenvalue weighted by Gasteiger charge is -2.11. The first-order valence-corrected chi connectivity index (χ1v) is 6.41. The van der Waals surface area contributed by atoms with Crippen molar-refractivity contribution in [3.05, 3.63) is 59.2 Å². The standard InChI is InChI=1S/C16H13NO2/c17-14-7-3-6-12-11-4-1-2-5-13(11)16(15(12)14)19-9-10-8-18-10/h1-7,10,17H,8-9H2. The molecule has 0 aromatic heterocycles. The molecule has 1 saturated heterocycles. The Morgan fingerprint density at radius 1 is 1.26 bits per heavy atom. The third kappa shape index (κ3) is 1.66. The highest BCUT2D eigenvalue weighted by atomic mass is 16.6. The first kappa shape index (κ1) is 10.8. The van der Waals surface area contributed by atoms with Crippen molar-refractivity contribution < 1.29 is 9.47 Å². The maximum absolute atomic E-state index is 8.13. The Hall–Kier alpha value is -2.13. The summed E-state index contributed by atoms with van der Waals surface area (Å²) in [6.07, 6.45) is 6.00. The van der Waals surface area contributed by atoms with Crippen LogP contribution in [0.5, 0.6) is 0 Å². The number of rotatable bonds is 3. The van der Waals surface area contributed by atoms with E-state index in [0.29, 0.717) is 12.3 Å². The minimum Gasteiger partial charge on any atom is -0.489 e.